The Morgan fingerprint density at radius 3 is 2.57 bits per heavy atom. The first kappa shape index (κ1) is 14.0. The summed E-state index contributed by atoms with van der Waals surface area (Å²) in [6.45, 7) is 1.86. The van der Waals surface area contributed by atoms with Gasteiger partial charge in [-0.25, -0.2) is 9.97 Å². The Kier molecular flexibility index (Phi) is 4.42. The Morgan fingerprint density at radius 2 is 1.95 bits per heavy atom. The number of ether oxygens (including phenoxy) is 1. The first-order valence-corrected chi connectivity index (χ1v) is 5.90. The molecule has 1 N–H and O–H groups in total. The number of nitriles is 2. The molecule has 0 amide bonds. The summed E-state index contributed by atoms with van der Waals surface area (Å²) in [5.74, 6) is 1.19. The lowest BCUT2D eigenvalue weighted by molar-refractivity contribution is 0.474. The van der Waals surface area contributed by atoms with Crippen LogP contribution in [-0.2, 0) is 0 Å². The Bertz CT molecular complexity index is 726. The van der Waals surface area contributed by atoms with E-state index in [4.69, 9.17) is 15.3 Å². The molecule has 7 nitrogen and oxygen atoms in total. The van der Waals surface area contributed by atoms with Gasteiger partial charge in [-0.15, -0.1) is 0 Å². The van der Waals surface area contributed by atoms with E-state index in [1.54, 1.807) is 42.7 Å². The smallest absolute Gasteiger partial charge is 0.237 e. The second-order valence-electron chi connectivity index (χ2n) is 3.95. The van der Waals surface area contributed by atoms with Gasteiger partial charge in [0.05, 0.1) is 18.1 Å². The number of hydrogen-bond acceptors (Lipinski definition) is 7. The minimum atomic E-state index is -0.241. The van der Waals surface area contributed by atoms with Gasteiger partial charge in [0, 0.05) is 0 Å². The highest BCUT2D eigenvalue weighted by molar-refractivity contribution is 6.10. The number of aryl methyl sites for hydroxylation is 1. The fourth-order valence-corrected chi connectivity index (χ4v) is 1.49. The van der Waals surface area contributed by atoms with Crippen molar-refractivity contribution >= 4 is 11.4 Å². The molecule has 0 atom stereocenters. The van der Waals surface area contributed by atoms with Crippen molar-refractivity contribution in [1.82, 2.24) is 9.97 Å². The van der Waals surface area contributed by atoms with E-state index in [9.17, 15) is 0 Å². The molecule has 0 fully saturated rings. The maximum atomic E-state index is 8.59. The van der Waals surface area contributed by atoms with Crippen molar-refractivity contribution in [2.75, 3.05) is 5.43 Å². The van der Waals surface area contributed by atoms with Gasteiger partial charge < -0.3 is 4.74 Å². The van der Waals surface area contributed by atoms with Crippen LogP contribution in [0.15, 0.2) is 42.0 Å². The number of hydrazone groups is 1. The highest BCUT2D eigenvalue weighted by atomic mass is 16.5. The van der Waals surface area contributed by atoms with Gasteiger partial charge in [0.15, 0.2) is 5.75 Å². The fourth-order valence-electron chi connectivity index (χ4n) is 1.49. The fraction of sp³-hybridized carbons (Fsp3) is 0.0714. The van der Waals surface area contributed by atoms with E-state index in [2.05, 4.69) is 20.5 Å². The van der Waals surface area contributed by atoms with E-state index < -0.39 is 0 Å². The average Bonchev–Trinajstić information content (AvgIpc) is 2.52. The molecule has 0 aliphatic carbocycles. The SMILES string of the molecule is Cc1cc(NN=C(C#N)C#N)ccc1Oc1cncnc1. The predicted octanol–water partition coefficient (Wildman–Crippen LogP) is 2.39. The van der Waals surface area contributed by atoms with E-state index in [0.717, 1.165) is 5.56 Å². The lowest BCUT2D eigenvalue weighted by Crippen LogP contribution is -1.97. The number of aromatic nitrogens is 2. The van der Waals surface area contributed by atoms with E-state index in [0.29, 0.717) is 17.2 Å². The summed E-state index contributed by atoms with van der Waals surface area (Å²) in [7, 11) is 0. The van der Waals surface area contributed by atoms with Crippen LogP contribution in [0.1, 0.15) is 5.56 Å². The molecule has 0 aliphatic rings. The predicted molar refractivity (Wildman–Crippen MR) is 75.6 cm³/mol. The number of benzene rings is 1. The molecule has 2 rings (SSSR count). The van der Waals surface area contributed by atoms with Gasteiger partial charge in [-0.05, 0) is 30.7 Å². The highest BCUT2D eigenvalue weighted by Crippen LogP contribution is 2.26. The van der Waals surface area contributed by atoms with Crippen molar-refractivity contribution < 1.29 is 4.74 Å². The summed E-state index contributed by atoms with van der Waals surface area (Å²) in [5.41, 5.74) is 3.90. The van der Waals surface area contributed by atoms with Crippen molar-refractivity contribution in [3.8, 4) is 23.6 Å². The molecule has 0 saturated carbocycles. The van der Waals surface area contributed by atoms with Gasteiger partial charge in [-0.1, -0.05) is 0 Å². The van der Waals surface area contributed by atoms with Crippen LogP contribution in [0.4, 0.5) is 5.69 Å². The zero-order valence-electron chi connectivity index (χ0n) is 11.1. The van der Waals surface area contributed by atoms with Crippen molar-refractivity contribution in [2.45, 2.75) is 6.92 Å². The van der Waals surface area contributed by atoms with Crippen LogP contribution in [-0.4, -0.2) is 15.7 Å². The molecular formula is C14H10N6O. The molecule has 0 unspecified atom stereocenters. The molecule has 21 heavy (non-hydrogen) atoms. The topological polar surface area (TPSA) is 107 Å². The van der Waals surface area contributed by atoms with Gasteiger partial charge in [0.25, 0.3) is 0 Å². The molecular weight excluding hydrogens is 268 g/mol. The minimum Gasteiger partial charge on any atom is -0.454 e. The molecule has 0 radical (unpaired) electrons. The first-order valence-electron chi connectivity index (χ1n) is 5.90. The van der Waals surface area contributed by atoms with Crippen molar-refractivity contribution in [2.24, 2.45) is 5.10 Å². The highest BCUT2D eigenvalue weighted by Gasteiger charge is 2.03. The number of nitrogens with zero attached hydrogens (tertiary/aromatic N) is 5. The van der Waals surface area contributed by atoms with Crippen LogP contribution in [0.3, 0.4) is 0 Å². The van der Waals surface area contributed by atoms with Crippen LogP contribution in [0.25, 0.3) is 0 Å². The Labute approximate surface area is 121 Å². The number of nitrogens with one attached hydrogen (secondary N) is 1. The van der Waals surface area contributed by atoms with Crippen molar-refractivity contribution in [1.29, 1.82) is 10.5 Å². The van der Waals surface area contributed by atoms with E-state index in [-0.39, 0.29) is 5.71 Å². The van der Waals surface area contributed by atoms with Crippen LogP contribution >= 0.6 is 0 Å². The lowest BCUT2D eigenvalue weighted by Gasteiger charge is -2.09. The van der Waals surface area contributed by atoms with Crippen molar-refractivity contribution in [3.05, 3.63) is 42.5 Å². The third-order valence-corrected chi connectivity index (χ3v) is 2.45. The second kappa shape index (κ2) is 6.64. The number of rotatable bonds is 4. The first-order chi connectivity index (χ1) is 10.2. The maximum Gasteiger partial charge on any atom is 0.237 e. The van der Waals surface area contributed by atoms with Crippen molar-refractivity contribution in [3.63, 3.8) is 0 Å². The van der Waals surface area contributed by atoms with E-state index in [1.165, 1.54) is 6.33 Å². The molecule has 0 bridgehead atoms. The molecule has 1 heterocycles. The Morgan fingerprint density at radius 1 is 1.24 bits per heavy atom. The number of hydrogen-bond donors (Lipinski definition) is 1. The van der Waals surface area contributed by atoms with Crippen LogP contribution < -0.4 is 10.2 Å². The average molecular weight is 278 g/mol. The molecule has 0 spiro atoms. The summed E-state index contributed by atoms with van der Waals surface area (Å²) in [6, 6.07) is 8.60. The molecule has 102 valence electrons. The molecule has 0 saturated heterocycles. The van der Waals surface area contributed by atoms with E-state index in [1.807, 2.05) is 6.92 Å². The molecule has 1 aromatic carbocycles. The summed E-state index contributed by atoms with van der Waals surface area (Å²) in [4.78, 5) is 7.74. The summed E-state index contributed by atoms with van der Waals surface area (Å²) in [5, 5.41) is 20.9. The zero-order chi connectivity index (χ0) is 15.1. The van der Waals surface area contributed by atoms with Crippen LogP contribution in [0.2, 0.25) is 0 Å². The molecule has 0 aliphatic heterocycles. The third-order valence-electron chi connectivity index (χ3n) is 2.45. The summed E-state index contributed by atoms with van der Waals surface area (Å²) < 4.78 is 5.64. The van der Waals surface area contributed by atoms with Gasteiger partial charge in [-0.3, -0.25) is 5.43 Å². The summed E-state index contributed by atoms with van der Waals surface area (Å²) in [6.07, 6.45) is 4.55. The van der Waals surface area contributed by atoms with Gasteiger partial charge >= 0.3 is 0 Å². The van der Waals surface area contributed by atoms with E-state index >= 15 is 0 Å². The monoisotopic (exact) mass is 278 g/mol. The van der Waals surface area contributed by atoms with Crippen LogP contribution in [0.5, 0.6) is 11.5 Å². The maximum absolute atomic E-state index is 8.59. The molecule has 7 heteroatoms. The van der Waals surface area contributed by atoms with Gasteiger partial charge in [-0.2, -0.15) is 15.6 Å². The Hall–Kier alpha value is -3.45. The summed E-state index contributed by atoms with van der Waals surface area (Å²) >= 11 is 0. The largest absolute Gasteiger partial charge is 0.454 e. The second-order valence-corrected chi connectivity index (χ2v) is 3.95. The molecule has 1 aromatic heterocycles. The van der Waals surface area contributed by atoms with Gasteiger partial charge in [0.1, 0.15) is 24.2 Å². The minimum absolute atomic E-state index is 0.241. The molecule has 2 aromatic rings. The zero-order valence-corrected chi connectivity index (χ0v) is 11.1. The quantitative estimate of drug-likeness (QED) is 0.679. The normalized spacial score (nSPS) is 9.10. The van der Waals surface area contributed by atoms with Crippen LogP contribution in [0, 0.1) is 29.6 Å². The standard InChI is InChI=1S/C14H10N6O/c1-10-4-11(19-20-12(5-15)6-16)2-3-14(10)21-13-7-17-9-18-8-13/h2-4,7-9,19H,1H3. The Balaban J connectivity index is 2.13. The number of anilines is 1. The van der Waals surface area contributed by atoms with Gasteiger partial charge in [0.2, 0.25) is 5.71 Å². The third kappa shape index (κ3) is 3.75. The lowest BCUT2D eigenvalue weighted by atomic mass is 10.2.